The van der Waals surface area contributed by atoms with E-state index < -0.39 is 15.8 Å². The van der Waals surface area contributed by atoms with Gasteiger partial charge in [-0.1, -0.05) is 36.9 Å². The lowest BCUT2D eigenvalue weighted by Gasteiger charge is -2.26. The van der Waals surface area contributed by atoms with Crippen LogP contribution in [0, 0.1) is 5.82 Å². The van der Waals surface area contributed by atoms with Gasteiger partial charge in [0.25, 0.3) is 5.91 Å². The van der Waals surface area contributed by atoms with Crippen LogP contribution in [0.2, 0.25) is 0 Å². The Kier molecular flexibility index (Phi) is 8.28. The highest BCUT2D eigenvalue weighted by molar-refractivity contribution is 7.92. The molecule has 214 valence electrons. The van der Waals surface area contributed by atoms with E-state index in [0.29, 0.717) is 52.3 Å². The summed E-state index contributed by atoms with van der Waals surface area (Å²) in [6.07, 6.45) is 2.99. The van der Waals surface area contributed by atoms with Gasteiger partial charge >= 0.3 is 0 Å². The number of furan rings is 1. The SMILES string of the molecule is C=C(COCc1ccccc1)CN(c1cc2oc(-c3ccc(F)cc3)c(C(=O)NCC)c2cc1C1CC1)S(C)(=O)=O. The standard InChI is InChI=1S/C32H33FN2O5S/c1-4-34-32(36)30-27-16-26(23-10-11-23)28(17-29(27)40-31(30)24-12-14-25(33)15-13-24)35(41(3,37)38)18-21(2)19-39-20-22-8-6-5-7-9-22/h5-9,12-17,23H,2,4,10-11,18-20H2,1,3H3,(H,34,36). The molecular formula is C32H33FN2O5S. The minimum absolute atomic E-state index is 0.0353. The van der Waals surface area contributed by atoms with E-state index in [0.717, 1.165) is 30.2 Å². The predicted octanol–water partition coefficient (Wildman–Crippen LogP) is 6.41. The van der Waals surface area contributed by atoms with E-state index in [1.165, 1.54) is 16.4 Å². The summed E-state index contributed by atoms with van der Waals surface area (Å²) in [7, 11) is -3.72. The molecule has 1 heterocycles. The summed E-state index contributed by atoms with van der Waals surface area (Å²) in [5.74, 6) is -0.259. The average molecular weight is 577 g/mol. The first kappa shape index (κ1) is 28.6. The van der Waals surface area contributed by atoms with Gasteiger partial charge in [0.15, 0.2) is 0 Å². The average Bonchev–Trinajstić information content (AvgIpc) is 3.72. The van der Waals surface area contributed by atoms with Gasteiger partial charge in [-0.2, -0.15) is 0 Å². The zero-order valence-electron chi connectivity index (χ0n) is 23.2. The molecule has 0 unspecified atom stereocenters. The van der Waals surface area contributed by atoms with Crippen molar-refractivity contribution in [2.24, 2.45) is 0 Å². The number of hydrogen-bond acceptors (Lipinski definition) is 5. The van der Waals surface area contributed by atoms with Gasteiger partial charge in [-0.05, 0) is 72.7 Å². The smallest absolute Gasteiger partial charge is 0.255 e. The number of hydrogen-bond donors (Lipinski definition) is 1. The summed E-state index contributed by atoms with van der Waals surface area (Å²) in [6, 6.07) is 19.0. The Morgan fingerprint density at radius 1 is 1.12 bits per heavy atom. The van der Waals surface area contributed by atoms with E-state index in [1.807, 2.05) is 43.3 Å². The maximum atomic E-state index is 13.7. The maximum Gasteiger partial charge on any atom is 0.255 e. The van der Waals surface area contributed by atoms with Crippen LogP contribution >= 0.6 is 0 Å². The van der Waals surface area contributed by atoms with Crippen molar-refractivity contribution in [3.05, 3.63) is 101 Å². The zero-order chi connectivity index (χ0) is 29.1. The molecule has 1 fully saturated rings. The molecule has 3 aromatic carbocycles. The molecule has 1 N–H and O–H groups in total. The second-order valence-electron chi connectivity index (χ2n) is 10.4. The number of benzene rings is 3. The quantitative estimate of drug-likeness (QED) is 0.197. The van der Waals surface area contributed by atoms with Crippen molar-refractivity contribution in [2.45, 2.75) is 32.3 Å². The molecule has 1 aliphatic rings. The zero-order valence-corrected chi connectivity index (χ0v) is 24.0. The topological polar surface area (TPSA) is 88.8 Å². The normalized spacial score (nSPS) is 13.3. The van der Waals surface area contributed by atoms with Crippen molar-refractivity contribution in [3.63, 3.8) is 0 Å². The van der Waals surface area contributed by atoms with Gasteiger partial charge in [0.05, 0.1) is 37.3 Å². The van der Waals surface area contributed by atoms with Crippen molar-refractivity contribution in [1.29, 1.82) is 0 Å². The van der Waals surface area contributed by atoms with E-state index in [1.54, 1.807) is 18.2 Å². The van der Waals surface area contributed by atoms with Gasteiger partial charge in [-0.15, -0.1) is 0 Å². The van der Waals surface area contributed by atoms with Gasteiger partial charge < -0.3 is 14.5 Å². The summed E-state index contributed by atoms with van der Waals surface area (Å²) < 4.78 is 53.3. The highest BCUT2D eigenvalue weighted by atomic mass is 32.2. The molecule has 1 saturated carbocycles. The number of nitrogens with one attached hydrogen (secondary N) is 1. The van der Waals surface area contributed by atoms with Crippen LogP contribution in [-0.4, -0.2) is 40.3 Å². The van der Waals surface area contributed by atoms with Crippen LogP contribution in [-0.2, 0) is 21.4 Å². The van der Waals surface area contributed by atoms with Crippen LogP contribution in [0.5, 0.6) is 0 Å². The number of nitrogens with zero attached hydrogens (tertiary/aromatic N) is 1. The van der Waals surface area contributed by atoms with Gasteiger partial charge in [0.2, 0.25) is 10.0 Å². The third kappa shape index (κ3) is 6.52. The summed E-state index contributed by atoms with van der Waals surface area (Å²) >= 11 is 0. The highest BCUT2D eigenvalue weighted by Crippen LogP contribution is 2.48. The molecule has 0 aliphatic heterocycles. The summed E-state index contributed by atoms with van der Waals surface area (Å²) in [5, 5.41) is 3.42. The molecule has 4 aromatic rings. The molecule has 7 nitrogen and oxygen atoms in total. The van der Waals surface area contributed by atoms with E-state index in [-0.39, 0.29) is 25.0 Å². The Balaban J connectivity index is 1.53. The number of anilines is 1. The summed E-state index contributed by atoms with van der Waals surface area (Å²) in [5.41, 5.74) is 4.19. The Hall–Kier alpha value is -3.95. The predicted molar refractivity (Wildman–Crippen MR) is 159 cm³/mol. The number of fused-ring (bicyclic) bond motifs is 1. The molecule has 0 spiro atoms. The Morgan fingerprint density at radius 2 is 1.83 bits per heavy atom. The molecule has 1 aliphatic carbocycles. The van der Waals surface area contributed by atoms with Crippen molar-refractivity contribution in [1.82, 2.24) is 5.32 Å². The monoisotopic (exact) mass is 576 g/mol. The van der Waals surface area contributed by atoms with Gasteiger partial charge in [-0.3, -0.25) is 9.10 Å². The fourth-order valence-electron chi connectivity index (χ4n) is 4.88. The van der Waals surface area contributed by atoms with E-state index >= 15 is 0 Å². The van der Waals surface area contributed by atoms with Crippen LogP contribution in [0.15, 0.2) is 83.3 Å². The third-order valence-electron chi connectivity index (χ3n) is 6.98. The Labute approximate surface area is 239 Å². The molecule has 0 radical (unpaired) electrons. The first-order chi connectivity index (χ1) is 19.7. The van der Waals surface area contributed by atoms with Gasteiger partial charge in [-0.25, -0.2) is 12.8 Å². The molecule has 1 aromatic heterocycles. The van der Waals surface area contributed by atoms with E-state index in [4.69, 9.17) is 9.15 Å². The summed E-state index contributed by atoms with van der Waals surface area (Å²) in [4.78, 5) is 13.2. The Bertz CT molecular complexity index is 1680. The van der Waals surface area contributed by atoms with Gasteiger partial charge in [0, 0.05) is 23.6 Å². The van der Waals surface area contributed by atoms with Crippen LogP contribution < -0.4 is 9.62 Å². The number of rotatable bonds is 12. The largest absolute Gasteiger partial charge is 0.455 e. The fraction of sp³-hybridized carbons (Fsp3) is 0.281. The molecule has 9 heteroatoms. The lowest BCUT2D eigenvalue weighted by Crippen LogP contribution is -2.33. The maximum absolute atomic E-state index is 13.7. The lowest BCUT2D eigenvalue weighted by atomic mass is 10.00. The molecule has 1 amide bonds. The van der Waals surface area contributed by atoms with E-state index in [2.05, 4.69) is 11.9 Å². The molecule has 0 saturated heterocycles. The van der Waals surface area contributed by atoms with E-state index in [9.17, 15) is 17.6 Å². The first-order valence-corrected chi connectivity index (χ1v) is 15.4. The van der Waals surface area contributed by atoms with Crippen LogP contribution in [0.25, 0.3) is 22.3 Å². The summed E-state index contributed by atoms with van der Waals surface area (Å²) in [6.45, 7) is 6.94. The molecule has 0 bridgehead atoms. The number of sulfonamides is 1. The van der Waals surface area contributed by atoms with Crippen molar-refractivity contribution in [2.75, 3.05) is 30.3 Å². The minimum Gasteiger partial charge on any atom is -0.455 e. The fourth-order valence-corrected chi connectivity index (χ4v) is 5.81. The number of carbonyl (C=O) groups is 1. The number of amides is 1. The number of ether oxygens (including phenoxy) is 1. The molecule has 5 rings (SSSR count). The van der Waals surface area contributed by atoms with Crippen LogP contribution in [0.3, 0.4) is 0 Å². The van der Waals surface area contributed by atoms with Crippen LogP contribution in [0.4, 0.5) is 10.1 Å². The second kappa shape index (κ2) is 11.9. The number of halogens is 1. The van der Waals surface area contributed by atoms with Crippen LogP contribution in [0.1, 0.15) is 47.2 Å². The number of carbonyl (C=O) groups excluding carboxylic acids is 1. The third-order valence-corrected chi connectivity index (χ3v) is 8.11. The molecule has 0 atom stereocenters. The first-order valence-electron chi connectivity index (χ1n) is 13.6. The highest BCUT2D eigenvalue weighted by Gasteiger charge is 2.33. The lowest BCUT2D eigenvalue weighted by molar-refractivity contribution is 0.0957. The van der Waals surface area contributed by atoms with Crippen molar-refractivity contribution in [3.8, 4) is 11.3 Å². The molecular weight excluding hydrogens is 543 g/mol. The van der Waals surface area contributed by atoms with Crippen molar-refractivity contribution < 1.29 is 26.8 Å². The Morgan fingerprint density at radius 3 is 2.46 bits per heavy atom. The molecule has 41 heavy (non-hydrogen) atoms. The minimum atomic E-state index is -3.72. The second-order valence-corrected chi connectivity index (χ2v) is 12.3. The van der Waals surface area contributed by atoms with Crippen molar-refractivity contribution >= 4 is 32.6 Å². The van der Waals surface area contributed by atoms with Gasteiger partial charge in [0.1, 0.15) is 17.2 Å².